The van der Waals surface area contributed by atoms with Crippen molar-refractivity contribution in [2.75, 3.05) is 23.8 Å². The van der Waals surface area contributed by atoms with Gasteiger partial charge in [0.15, 0.2) is 5.82 Å². The lowest BCUT2D eigenvalue weighted by molar-refractivity contribution is 0.562. The Bertz CT molecular complexity index is 541. The van der Waals surface area contributed by atoms with E-state index in [9.17, 15) is 0 Å². The fourth-order valence-electron chi connectivity index (χ4n) is 1.80. The Balaban J connectivity index is 2.52. The molecule has 98 valence electrons. The molecule has 2 heterocycles. The van der Waals surface area contributed by atoms with Crippen molar-refractivity contribution in [3.05, 3.63) is 24.2 Å². The smallest absolute Gasteiger partial charge is 0.154 e. The van der Waals surface area contributed by atoms with E-state index in [1.165, 1.54) is 0 Å². The predicted octanol–water partition coefficient (Wildman–Crippen LogP) is 2.86. The molecule has 0 amide bonds. The minimum absolute atomic E-state index is 0.0529. The molecule has 0 bridgehead atoms. The number of nitrogens with zero attached hydrogens (tertiary/aromatic N) is 4. The van der Waals surface area contributed by atoms with Crippen molar-refractivity contribution in [1.82, 2.24) is 14.6 Å². The molecule has 0 aromatic carbocycles. The zero-order valence-electron chi connectivity index (χ0n) is 11.3. The number of anilines is 1. The van der Waals surface area contributed by atoms with E-state index in [1.807, 2.05) is 17.8 Å². The molecule has 0 saturated carbocycles. The molecule has 0 N–H and O–H groups in total. The van der Waals surface area contributed by atoms with E-state index in [4.69, 9.17) is 0 Å². The van der Waals surface area contributed by atoms with E-state index < -0.39 is 0 Å². The summed E-state index contributed by atoms with van der Waals surface area (Å²) in [6.07, 6.45) is 3.70. The van der Waals surface area contributed by atoms with E-state index in [0.717, 1.165) is 28.9 Å². The summed E-state index contributed by atoms with van der Waals surface area (Å²) in [6, 6.07) is 2.13. The van der Waals surface area contributed by atoms with Gasteiger partial charge < -0.3 is 4.90 Å². The van der Waals surface area contributed by atoms with Gasteiger partial charge >= 0.3 is 0 Å². The number of aromatic nitrogens is 3. The average molecular weight is 311 g/mol. The van der Waals surface area contributed by atoms with Crippen LogP contribution in [0, 0.1) is 0 Å². The van der Waals surface area contributed by atoms with Crippen LogP contribution in [0.2, 0.25) is 0 Å². The largest absolute Gasteiger partial charge is 0.357 e. The molecule has 0 atom stereocenters. The third kappa shape index (κ3) is 2.51. The molecule has 0 radical (unpaired) electrons. The third-order valence-electron chi connectivity index (χ3n) is 2.92. The van der Waals surface area contributed by atoms with E-state index in [1.54, 1.807) is 6.20 Å². The first-order valence-electron chi connectivity index (χ1n) is 6.05. The summed E-state index contributed by atoms with van der Waals surface area (Å²) < 4.78 is 1.91. The van der Waals surface area contributed by atoms with Crippen LogP contribution < -0.4 is 4.90 Å². The van der Waals surface area contributed by atoms with Crippen LogP contribution in [0.4, 0.5) is 5.82 Å². The summed E-state index contributed by atoms with van der Waals surface area (Å²) >= 11 is 3.46. The molecule has 0 aliphatic carbocycles. The molecule has 2 aromatic heterocycles. The zero-order valence-corrected chi connectivity index (χ0v) is 12.9. The van der Waals surface area contributed by atoms with Gasteiger partial charge in [-0.05, 0) is 6.07 Å². The molecule has 0 fully saturated rings. The molecule has 18 heavy (non-hydrogen) atoms. The van der Waals surface area contributed by atoms with Crippen molar-refractivity contribution in [3.8, 4) is 0 Å². The van der Waals surface area contributed by atoms with Crippen molar-refractivity contribution in [2.24, 2.45) is 0 Å². The van der Waals surface area contributed by atoms with E-state index in [-0.39, 0.29) is 5.41 Å². The van der Waals surface area contributed by atoms with Crippen molar-refractivity contribution in [2.45, 2.75) is 26.2 Å². The molecule has 5 heteroatoms. The number of hydrogen-bond acceptors (Lipinski definition) is 3. The summed E-state index contributed by atoms with van der Waals surface area (Å²) in [5, 5.41) is 5.55. The van der Waals surface area contributed by atoms with Gasteiger partial charge in [-0.15, -0.1) is 0 Å². The molecule has 0 saturated heterocycles. The molecule has 0 aliphatic heterocycles. The Morgan fingerprint density at radius 2 is 2.11 bits per heavy atom. The standard InChI is InChI=1S/C13H19BrN4/c1-13(2,3)11-9-10-12(17(4)7-5-14)15-6-8-18(10)16-11/h6,8-9H,5,7H2,1-4H3. The Morgan fingerprint density at radius 3 is 2.72 bits per heavy atom. The van der Waals surface area contributed by atoms with E-state index >= 15 is 0 Å². The van der Waals surface area contributed by atoms with Gasteiger partial charge in [-0.25, -0.2) is 9.50 Å². The average Bonchev–Trinajstić information content (AvgIpc) is 2.72. The van der Waals surface area contributed by atoms with E-state index in [2.05, 4.69) is 57.8 Å². The monoisotopic (exact) mass is 310 g/mol. The lowest BCUT2D eigenvalue weighted by Gasteiger charge is -2.17. The number of fused-ring (bicyclic) bond motifs is 1. The Morgan fingerprint density at radius 1 is 1.39 bits per heavy atom. The highest BCUT2D eigenvalue weighted by Gasteiger charge is 2.19. The molecular formula is C13H19BrN4. The minimum Gasteiger partial charge on any atom is -0.357 e. The van der Waals surface area contributed by atoms with Gasteiger partial charge in [-0.2, -0.15) is 5.10 Å². The number of hydrogen-bond donors (Lipinski definition) is 0. The van der Waals surface area contributed by atoms with Gasteiger partial charge in [0.2, 0.25) is 0 Å². The van der Waals surface area contributed by atoms with Crippen molar-refractivity contribution in [3.63, 3.8) is 0 Å². The summed E-state index contributed by atoms with van der Waals surface area (Å²) in [5.74, 6) is 0.972. The number of rotatable bonds is 3. The number of alkyl halides is 1. The molecule has 0 unspecified atom stereocenters. The molecule has 0 aliphatic rings. The lowest BCUT2D eigenvalue weighted by Crippen LogP contribution is -2.21. The highest BCUT2D eigenvalue weighted by Crippen LogP contribution is 2.25. The first-order chi connectivity index (χ1) is 8.43. The zero-order chi connectivity index (χ0) is 13.3. The van der Waals surface area contributed by atoms with Gasteiger partial charge in [0.1, 0.15) is 5.52 Å². The van der Waals surface area contributed by atoms with Crippen molar-refractivity contribution < 1.29 is 0 Å². The summed E-state index contributed by atoms with van der Waals surface area (Å²) in [5.41, 5.74) is 2.20. The topological polar surface area (TPSA) is 33.4 Å². The van der Waals surface area contributed by atoms with Gasteiger partial charge in [-0.3, -0.25) is 0 Å². The highest BCUT2D eigenvalue weighted by atomic mass is 79.9. The maximum atomic E-state index is 4.63. The van der Waals surface area contributed by atoms with Crippen LogP contribution in [0.3, 0.4) is 0 Å². The Labute approximate surface area is 116 Å². The summed E-state index contributed by atoms with van der Waals surface area (Å²) in [4.78, 5) is 6.60. The lowest BCUT2D eigenvalue weighted by atomic mass is 9.92. The Kier molecular flexibility index (Phi) is 3.61. The normalized spacial score (nSPS) is 12.1. The van der Waals surface area contributed by atoms with Crippen LogP contribution >= 0.6 is 15.9 Å². The minimum atomic E-state index is 0.0529. The second-order valence-corrected chi connectivity index (χ2v) is 6.26. The van der Waals surface area contributed by atoms with E-state index in [0.29, 0.717) is 0 Å². The highest BCUT2D eigenvalue weighted by molar-refractivity contribution is 9.09. The maximum Gasteiger partial charge on any atom is 0.154 e. The molecular weight excluding hydrogens is 292 g/mol. The van der Waals surface area contributed by atoms with Crippen LogP contribution in [-0.4, -0.2) is 33.5 Å². The van der Waals surface area contributed by atoms with Crippen LogP contribution in [0.1, 0.15) is 26.5 Å². The predicted molar refractivity (Wildman–Crippen MR) is 78.8 cm³/mol. The number of halogens is 1. The van der Waals surface area contributed by atoms with Crippen LogP contribution in [0.5, 0.6) is 0 Å². The first kappa shape index (κ1) is 13.3. The maximum absolute atomic E-state index is 4.63. The fourth-order valence-corrected chi connectivity index (χ4v) is 2.33. The second-order valence-electron chi connectivity index (χ2n) is 5.47. The van der Waals surface area contributed by atoms with Gasteiger partial charge in [0, 0.05) is 36.7 Å². The van der Waals surface area contributed by atoms with Crippen LogP contribution in [0.15, 0.2) is 18.5 Å². The first-order valence-corrected chi connectivity index (χ1v) is 7.17. The van der Waals surface area contributed by atoms with Crippen molar-refractivity contribution in [1.29, 1.82) is 0 Å². The van der Waals surface area contributed by atoms with Gasteiger partial charge in [-0.1, -0.05) is 36.7 Å². The molecule has 4 nitrogen and oxygen atoms in total. The van der Waals surface area contributed by atoms with Gasteiger partial charge in [0.25, 0.3) is 0 Å². The SMILES string of the molecule is CN(CCBr)c1nccn2nc(C(C)(C)C)cc12. The summed E-state index contributed by atoms with van der Waals surface area (Å²) in [7, 11) is 2.05. The quantitative estimate of drug-likeness (QED) is 0.817. The van der Waals surface area contributed by atoms with Gasteiger partial charge in [0.05, 0.1) is 5.69 Å². The molecule has 0 spiro atoms. The third-order valence-corrected chi connectivity index (χ3v) is 3.27. The second kappa shape index (κ2) is 4.88. The van der Waals surface area contributed by atoms with Crippen molar-refractivity contribution >= 4 is 27.3 Å². The Hall–Kier alpha value is -1.10. The van der Waals surface area contributed by atoms with Crippen LogP contribution in [-0.2, 0) is 5.41 Å². The summed E-state index contributed by atoms with van der Waals surface area (Å²) in [6.45, 7) is 7.43. The van der Waals surface area contributed by atoms with Crippen LogP contribution in [0.25, 0.3) is 5.52 Å². The fraction of sp³-hybridized carbons (Fsp3) is 0.538. The molecule has 2 aromatic rings. The molecule has 2 rings (SSSR count).